The Morgan fingerprint density at radius 3 is 2.80 bits per heavy atom. The predicted molar refractivity (Wildman–Crippen MR) is 44.6 cm³/mol. The lowest BCUT2D eigenvalue weighted by Crippen LogP contribution is -2.45. The molecule has 0 unspecified atom stereocenters. The average Bonchev–Trinajstić information content (AvgIpc) is 1.95. The van der Waals surface area contributed by atoms with Crippen LogP contribution < -0.4 is 5.32 Å². The van der Waals surface area contributed by atoms with Crippen molar-refractivity contribution < 1.29 is 4.21 Å². The van der Waals surface area contributed by atoms with Crippen LogP contribution in [0.4, 0.5) is 0 Å². The molecule has 0 aromatic rings. The van der Waals surface area contributed by atoms with Crippen molar-refractivity contribution in [3.63, 3.8) is 0 Å². The Kier molecular flexibility index (Phi) is 2.86. The van der Waals surface area contributed by atoms with Gasteiger partial charge in [-0.05, 0) is 13.3 Å². The standard InChI is InChI=1S/C7H15NOS/c1-3-7-5-8-4-6(2)10(7)9/h6-8H,3-5H2,1-2H3/t6-,7+,10-/m0/s1. The topological polar surface area (TPSA) is 29.1 Å². The van der Waals surface area contributed by atoms with Crippen LogP contribution in [-0.4, -0.2) is 27.8 Å². The average molecular weight is 161 g/mol. The normalized spacial score (nSPS) is 41.6. The van der Waals surface area contributed by atoms with Crippen LogP contribution in [0.1, 0.15) is 20.3 Å². The van der Waals surface area contributed by atoms with Gasteiger partial charge in [0.2, 0.25) is 0 Å². The third kappa shape index (κ3) is 1.58. The Morgan fingerprint density at radius 1 is 1.60 bits per heavy atom. The minimum atomic E-state index is -0.585. The molecule has 0 radical (unpaired) electrons. The molecule has 1 heterocycles. The summed E-state index contributed by atoms with van der Waals surface area (Å²) in [6, 6.07) is 0. The molecule has 0 amide bonds. The highest BCUT2D eigenvalue weighted by atomic mass is 32.2. The van der Waals surface area contributed by atoms with Gasteiger partial charge in [0.1, 0.15) is 0 Å². The van der Waals surface area contributed by atoms with E-state index in [4.69, 9.17) is 0 Å². The van der Waals surface area contributed by atoms with Crippen molar-refractivity contribution in [1.29, 1.82) is 0 Å². The largest absolute Gasteiger partial charge is 0.314 e. The Morgan fingerprint density at radius 2 is 2.30 bits per heavy atom. The minimum absolute atomic E-state index is 0.346. The van der Waals surface area contributed by atoms with Gasteiger partial charge in [0.05, 0.1) is 0 Å². The van der Waals surface area contributed by atoms with Gasteiger partial charge in [0.25, 0.3) is 0 Å². The zero-order chi connectivity index (χ0) is 7.56. The van der Waals surface area contributed by atoms with Crippen LogP contribution in [0.3, 0.4) is 0 Å². The molecule has 0 saturated carbocycles. The van der Waals surface area contributed by atoms with Gasteiger partial charge in [0, 0.05) is 34.4 Å². The lowest BCUT2D eigenvalue weighted by Gasteiger charge is -2.26. The fourth-order valence-electron chi connectivity index (χ4n) is 1.25. The van der Waals surface area contributed by atoms with Crippen molar-refractivity contribution in [2.45, 2.75) is 30.8 Å². The second kappa shape index (κ2) is 3.49. The summed E-state index contributed by atoms with van der Waals surface area (Å²) in [5, 5.41) is 4.01. The molecule has 1 fully saturated rings. The van der Waals surface area contributed by atoms with Crippen LogP contribution in [-0.2, 0) is 10.8 Å². The maximum Gasteiger partial charge on any atom is 0.0473 e. The molecule has 1 aliphatic heterocycles. The quantitative estimate of drug-likeness (QED) is 0.607. The van der Waals surface area contributed by atoms with Crippen LogP contribution in [0.15, 0.2) is 0 Å². The van der Waals surface area contributed by atoms with Gasteiger partial charge in [-0.1, -0.05) is 6.92 Å². The van der Waals surface area contributed by atoms with E-state index in [0.717, 1.165) is 19.5 Å². The molecule has 0 aromatic heterocycles. The van der Waals surface area contributed by atoms with E-state index in [1.54, 1.807) is 0 Å². The second-order valence-electron chi connectivity index (χ2n) is 2.83. The minimum Gasteiger partial charge on any atom is -0.314 e. The monoisotopic (exact) mass is 161 g/mol. The molecular weight excluding hydrogens is 146 g/mol. The van der Waals surface area contributed by atoms with E-state index in [1.165, 1.54) is 0 Å². The molecule has 1 N–H and O–H groups in total. The molecule has 0 spiro atoms. The summed E-state index contributed by atoms with van der Waals surface area (Å²) in [6.45, 7) is 6.00. The Balaban J connectivity index is 2.51. The van der Waals surface area contributed by atoms with E-state index in [9.17, 15) is 4.21 Å². The molecule has 0 aliphatic carbocycles. The molecule has 2 nitrogen and oxygen atoms in total. The number of hydrogen-bond acceptors (Lipinski definition) is 2. The SMILES string of the molecule is CC[C@@H]1CNC[C@H](C)[S@@]1=O. The summed E-state index contributed by atoms with van der Waals surface area (Å²) in [4.78, 5) is 0. The first-order valence-electron chi connectivity index (χ1n) is 3.85. The summed E-state index contributed by atoms with van der Waals surface area (Å²) < 4.78 is 11.4. The number of hydrogen-bond donors (Lipinski definition) is 1. The molecule has 1 saturated heterocycles. The van der Waals surface area contributed by atoms with E-state index in [0.29, 0.717) is 10.5 Å². The second-order valence-corrected chi connectivity index (χ2v) is 4.96. The van der Waals surface area contributed by atoms with E-state index >= 15 is 0 Å². The predicted octanol–water partition coefficient (Wildman–Crippen LogP) is 0.505. The van der Waals surface area contributed by atoms with Gasteiger partial charge in [-0.25, -0.2) is 0 Å². The first-order chi connectivity index (χ1) is 4.75. The molecule has 3 atom stereocenters. The maximum absolute atomic E-state index is 11.4. The highest BCUT2D eigenvalue weighted by Gasteiger charge is 2.24. The van der Waals surface area contributed by atoms with Crippen LogP contribution in [0.5, 0.6) is 0 Å². The highest BCUT2D eigenvalue weighted by molar-refractivity contribution is 7.86. The van der Waals surface area contributed by atoms with Gasteiger partial charge < -0.3 is 5.32 Å². The van der Waals surface area contributed by atoms with Crippen LogP contribution in [0.2, 0.25) is 0 Å². The Bertz CT molecular complexity index is 138. The molecule has 0 bridgehead atoms. The zero-order valence-corrected chi connectivity index (χ0v) is 7.41. The molecule has 3 heteroatoms. The van der Waals surface area contributed by atoms with Crippen molar-refractivity contribution in [3.05, 3.63) is 0 Å². The van der Waals surface area contributed by atoms with Gasteiger partial charge in [-0.15, -0.1) is 0 Å². The molecular formula is C7H15NOS. The maximum atomic E-state index is 11.4. The zero-order valence-electron chi connectivity index (χ0n) is 6.59. The van der Waals surface area contributed by atoms with E-state index in [-0.39, 0.29) is 0 Å². The molecule has 1 rings (SSSR count). The number of nitrogens with one attached hydrogen (secondary N) is 1. The Labute approximate surface area is 64.8 Å². The van der Waals surface area contributed by atoms with Gasteiger partial charge in [-0.2, -0.15) is 0 Å². The van der Waals surface area contributed by atoms with Crippen molar-refractivity contribution >= 4 is 10.8 Å². The van der Waals surface area contributed by atoms with Gasteiger partial charge in [0.15, 0.2) is 0 Å². The first-order valence-corrected chi connectivity index (χ1v) is 5.13. The third-order valence-electron chi connectivity index (χ3n) is 1.98. The van der Waals surface area contributed by atoms with Gasteiger partial charge >= 0.3 is 0 Å². The Hall–Kier alpha value is 0.110. The van der Waals surface area contributed by atoms with Crippen LogP contribution >= 0.6 is 0 Å². The summed E-state index contributed by atoms with van der Waals surface area (Å²) in [5.41, 5.74) is 0. The van der Waals surface area contributed by atoms with Crippen molar-refractivity contribution in [2.75, 3.05) is 13.1 Å². The van der Waals surface area contributed by atoms with Crippen molar-refractivity contribution in [1.82, 2.24) is 5.32 Å². The fourth-order valence-corrected chi connectivity index (χ4v) is 2.80. The molecule has 10 heavy (non-hydrogen) atoms. The van der Waals surface area contributed by atoms with Crippen molar-refractivity contribution in [2.24, 2.45) is 0 Å². The summed E-state index contributed by atoms with van der Waals surface area (Å²) in [6.07, 6.45) is 1.03. The van der Waals surface area contributed by atoms with Crippen LogP contribution in [0, 0.1) is 0 Å². The van der Waals surface area contributed by atoms with E-state index in [1.807, 2.05) is 6.92 Å². The van der Waals surface area contributed by atoms with E-state index < -0.39 is 10.8 Å². The lowest BCUT2D eigenvalue weighted by atomic mass is 10.3. The lowest BCUT2D eigenvalue weighted by molar-refractivity contribution is 0.574. The van der Waals surface area contributed by atoms with Gasteiger partial charge in [-0.3, -0.25) is 4.21 Å². The highest BCUT2D eigenvalue weighted by Crippen LogP contribution is 2.10. The van der Waals surface area contributed by atoms with Crippen molar-refractivity contribution in [3.8, 4) is 0 Å². The third-order valence-corrected chi connectivity index (χ3v) is 4.10. The molecule has 0 aromatic carbocycles. The summed E-state index contributed by atoms with van der Waals surface area (Å²) in [7, 11) is -0.585. The fraction of sp³-hybridized carbons (Fsp3) is 1.00. The summed E-state index contributed by atoms with van der Waals surface area (Å²) >= 11 is 0. The smallest absolute Gasteiger partial charge is 0.0473 e. The molecule has 60 valence electrons. The molecule has 1 aliphatic rings. The van der Waals surface area contributed by atoms with Crippen LogP contribution in [0.25, 0.3) is 0 Å². The summed E-state index contributed by atoms with van der Waals surface area (Å²) in [5.74, 6) is 0. The van der Waals surface area contributed by atoms with E-state index in [2.05, 4.69) is 12.2 Å². The first kappa shape index (κ1) is 8.21. The number of rotatable bonds is 1.